The minimum atomic E-state index is 0.0377. The van der Waals surface area contributed by atoms with Gasteiger partial charge in [0.15, 0.2) is 0 Å². The normalized spacial score (nSPS) is 12.9. The van der Waals surface area contributed by atoms with Crippen molar-refractivity contribution in [3.05, 3.63) is 46.8 Å². The van der Waals surface area contributed by atoms with Gasteiger partial charge in [-0.3, -0.25) is 4.79 Å². The molecule has 1 atom stereocenters. The Morgan fingerprint density at radius 3 is 2.75 bits per heavy atom. The third kappa shape index (κ3) is 2.12. The van der Waals surface area contributed by atoms with Crippen molar-refractivity contribution in [3.63, 3.8) is 0 Å². The average Bonchev–Trinajstić information content (AvgIpc) is 2.32. The molecular weight excluding hydrogens is 222 g/mol. The summed E-state index contributed by atoms with van der Waals surface area (Å²) in [5.41, 5.74) is 1.02. The summed E-state index contributed by atoms with van der Waals surface area (Å²) < 4.78 is 1.79. The van der Waals surface area contributed by atoms with E-state index in [0.29, 0.717) is 18.3 Å². The monoisotopic (exact) mass is 235 g/mol. The first-order valence-corrected chi connectivity index (χ1v) is 5.90. The molecule has 1 aromatic carbocycles. The predicted octanol–water partition coefficient (Wildman–Crippen LogP) is 2.88. The molecule has 2 nitrogen and oxygen atoms in total. The molecule has 1 unspecified atom stereocenters. The number of fused-ring (bicyclic) bond motifs is 1. The molecule has 0 aliphatic heterocycles. The number of hydrogen-bond donors (Lipinski definition) is 0. The molecule has 3 heteroatoms. The van der Waals surface area contributed by atoms with E-state index in [4.69, 9.17) is 11.6 Å². The SMILES string of the molecule is CC(CCl)Cn1c(=O)ccc2ccccc21. The Labute approximate surface area is 99.5 Å². The van der Waals surface area contributed by atoms with Crippen LogP contribution < -0.4 is 5.56 Å². The molecule has 0 spiro atoms. The number of hydrogen-bond acceptors (Lipinski definition) is 1. The van der Waals surface area contributed by atoms with Gasteiger partial charge in [0.1, 0.15) is 0 Å². The van der Waals surface area contributed by atoms with Crippen LogP contribution in [0.5, 0.6) is 0 Å². The fraction of sp³-hybridized carbons (Fsp3) is 0.308. The smallest absolute Gasteiger partial charge is 0.251 e. The van der Waals surface area contributed by atoms with Crippen molar-refractivity contribution in [2.24, 2.45) is 5.92 Å². The van der Waals surface area contributed by atoms with Crippen LogP contribution in [0.3, 0.4) is 0 Å². The Morgan fingerprint density at radius 1 is 1.25 bits per heavy atom. The lowest BCUT2D eigenvalue weighted by atomic mass is 10.1. The first-order chi connectivity index (χ1) is 7.72. The topological polar surface area (TPSA) is 22.0 Å². The van der Waals surface area contributed by atoms with Crippen molar-refractivity contribution in [1.82, 2.24) is 4.57 Å². The van der Waals surface area contributed by atoms with Crippen LogP contribution in [0.1, 0.15) is 6.92 Å². The zero-order valence-electron chi connectivity index (χ0n) is 9.19. The maximum absolute atomic E-state index is 11.8. The maximum atomic E-state index is 11.8. The van der Waals surface area contributed by atoms with E-state index in [2.05, 4.69) is 0 Å². The number of para-hydroxylation sites is 1. The van der Waals surface area contributed by atoms with Crippen LogP contribution in [-0.2, 0) is 6.54 Å². The van der Waals surface area contributed by atoms with Crippen LogP contribution in [0, 0.1) is 5.92 Å². The molecule has 1 heterocycles. The molecule has 2 rings (SSSR count). The number of pyridine rings is 1. The first kappa shape index (κ1) is 11.2. The Kier molecular flexibility index (Phi) is 3.30. The third-order valence-electron chi connectivity index (χ3n) is 2.66. The molecule has 1 aromatic heterocycles. The lowest BCUT2D eigenvalue weighted by Gasteiger charge is -2.13. The maximum Gasteiger partial charge on any atom is 0.251 e. The van der Waals surface area contributed by atoms with Crippen LogP contribution in [0.15, 0.2) is 41.2 Å². The fourth-order valence-corrected chi connectivity index (χ4v) is 1.89. The molecular formula is C13H14ClNO. The summed E-state index contributed by atoms with van der Waals surface area (Å²) in [4.78, 5) is 11.8. The molecule has 0 aliphatic rings. The molecule has 2 aromatic rings. The molecule has 0 radical (unpaired) electrons. The van der Waals surface area contributed by atoms with Gasteiger partial charge in [-0.05, 0) is 23.4 Å². The van der Waals surface area contributed by atoms with Gasteiger partial charge in [0.05, 0.1) is 5.52 Å². The van der Waals surface area contributed by atoms with Gasteiger partial charge in [-0.15, -0.1) is 11.6 Å². The Hall–Kier alpha value is -1.28. The van der Waals surface area contributed by atoms with Crippen LogP contribution >= 0.6 is 11.6 Å². The molecule has 0 N–H and O–H groups in total. The highest BCUT2D eigenvalue weighted by Crippen LogP contribution is 2.12. The van der Waals surface area contributed by atoms with Gasteiger partial charge in [0.25, 0.3) is 5.56 Å². The lowest BCUT2D eigenvalue weighted by Crippen LogP contribution is -2.23. The molecule has 0 saturated heterocycles. The Balaban J connectivity index is 2.57. The van der Waals surface area contributed by atoms with Crippen molar-refractivity contribution in [3.8, 4) is 0 Å². The largest absolute Gasteiger partial charge is 0.308 e. The van der Waals surface area contributed by atoms with Crippen LogP contribution in [0.25, 0.3) is 10.9 Å². The van der Waals surface area contributed by atoms with Crippen molar-refractivity contribution in [2.45, 2.75) is 13.5 Å². The van der Waals surface area contributed by atoms with E-state index < -0.39 is 0 Å². The van der Waals surface area contributed by atoms with E-state index in [9.17, 15) is 4.79 Å². The lowest BCUT2D eigenvalue weighted by molar-refractivity contribution is 0.529. The van der Waals surface area contributed by atoms with Crippen molar-refractivity contribution >= 4 is 22.5 Å². The average molecular weight is 236 g/mol. The standard InChI is InChI=1S/C13H14ClNO/c1-10(8-14)9-15-12-5-3-2-4-11(12)6-7-13(15)16/h2-7,10H,8-9H2,1H3. The van der Waals surface area contributed by atoms with Gasteiger partial charge in [-0.1, -0.05) is 25.1 Å². The van der Waals surface area contributed by atoms with Gasteiger partial charge in [0.2, 0.25) is 0 Å². The van der Waals surface area contributed by atoms with Crippen molar-refractivity contribution in [1.29, 1.82) is 0 Å². The zero-order valence-corrected chi connectivity index (χ0v) is 9.95. The van der Waals surface area contributed by atoms with E-state index in [1.807, 2.05) is 37.3 Å². The van der Waals surface area contributed by atoms with Crippen LogP contribution in [0.2, 0.25) is 0 Å². The quantitative estimate of drug-likeness (QED) is 0.750. The van der Waals surface area contributed by atoms with Crippen LogP contribution in [0.4, 0.5) is 0 Å². The van der Waals surface area contributed by atoms with Gasteiger partial charge >= 0.3 is 0 Å². The van der Waals surface area contributed by atoms with Crippen LogP contribution in [-0.4, -0.2) is 10.4 Å². The van der Waals surface area contributed by atoms with Crippen molar-refractivity contribution in [2.75, 3.05) is 5.88 Å². The molecule has 84 valence electrons. The summed E-state index contributed by atoms with van der Waals surface area (Å²) >= 11 is 5.79. The predicted molar refractivity (Wildman–Crippen MR) is 68.1 cm³/mol. The highest BCUT2D eigenvalue weighted by atomic mass is 35.5. The number of nitrogens with zero attached hydrogens (tertiary/aromatic N) is 1. The molecule has 0 bridgehead atoms. The highest BCUT2D eigenvalue weighted by Gasteiger charge is 2.06. The number of halogens is 1. The van der Waals surface area contributed by atoms with E-state index in [1.165, 1.54) is 0 Å². The molecule has 16 heavy (non-hydrogen) atoms. The van der Waals surface area contributed by atoms with Gasteiger partial charge < -0.3 is 4.57 Å². The second-order valence-electron chi connectivity index (χ2n) is 4.10. The summed E-state index contributed by atoms with van der Waals surface area (Å²) in [7, 11) is 0. The minimum Gasteiger partial charge on any atom is -0.308 e. The van der Waals surface area contributed by atoms with Crippen molar-refractivity contribution < 1.29 is 0 Å². The summed E-state index contributed by atoms with van der Waals surface area (Å²) in [6.45, 7) is 2.71. The molecule has 0 aliphatic carbocycles. The van der Waals surface area contributed by atoms with E-state index in [0.717, 1.165) is 10.9 Å². The van der Waals surface area contributed by atoms with E-state index >= 15 is 0 Å². The Morgan fingerprint density at radius 2 is 2.00 bits per heavy atom. The molecule has 0 amide bonds. The first-order valence-electron chi connectivity index (χ1n) is 5.37. The summed E-state index contributed by atoms with van der Waals surface area (Å²) in [5, 5.41) is 1.09. The van der Waals surface area contributed by atoms with E-state index in [-0.39, 0.29) is 5.56 Å². The zero-order chi connectivity index (χ0) is 11.5. The highest BCUT2D eigenvalue weighted by molar-refractivity contribution is 6.18. The summed E-state index contributed by atoms with van der Waals surface area (Å²) in [6.07, 6.45) is 0. The number of alkyl halides is 1. The number of aromatic nitrogens is 1. The fourth-order valence-electron chi connectivity index (χ4n) is 1.79. The number of benzene rings is 1. The molecule has 0 fully saturated rings. The summed E-state index contributed by atoms with van der Waals surface area (Å²) in [6, 6.07) is 11.4. The third-order valence-corrected chi connectivity index (χ3v) is 3.18. The second kappa shape index (κ2) is 4.71. The Bertz CT molecular complexity index is 547. The minimum absolute atomic E-state index is 0.0377. The second-order valence-corrected chi connectivity index (χ2v) is 4.41. The van der Waals surface area contributed by atoms with Gasteiger partial charge in [-0.2, -0.15) is 0 Å². The van der Waals surface area contributed by atoms with Gasteiger partial charge in [-0.25, -0.2) is 0 Å². The number of rotatable bonds is 3. The van der Waals surface area contributed by atoms with E-state index in [1.54, 1.807) is 10.6 Å². The molecule has 0 saturated carbocycles. The van der Waals surface area contributed by atoms with Gasteiger partial charge in [0, 0.05) is 18.5 Å². The summed E-state index contributed by atoms with van der Waals surface area (Å²) in [5.74, 6) is 0.862.